The van der Waals surface area contributed by atoms with Crippen LogP contribution in [0.3, 0.4) is 0 Å². The van der Waals surface area contributed by atoms with Crippen LogP contribution in [-0.2, 0) is 4.79 Å². The second-order valence-corrected chi connectivity index (χ2v) is 12.6. The van der Waals surface area contributed by atoms with E-state index in [4.69, 9.17) is 0 Å². The normalized spacial score (nSPS) is 13.3. The Morgan fingerprint density at radius 1 is 0.548 bits per heavy atom. The van der Waals surface area contributed by atoms with E-state index in [0.29, 0.717) is 6.42 Å². The summed E-state index contributed by atoms with van der Waals surface area (Å²) in [4.78, 5) is 12.3. The summed E-state index contributed by atoms with van der Waals surface area (Å²) in [6.07, 6.45) is 42.6. The summed E-state index contributed by atoms with van der Waals surface area (Å²) in [5.74, 6) is -0.0698. The van der Waals surface area contributed by atoms with E-state index in [0.717, 1.165) is 25.7 Å². The Morgan fingerprint density at radius 3 is 1.31 bits per heavy atom. The number of aliphatic hydroxyl groups excluding tert-OH is 2. The molecule has 0 spiro atoms. The van der Waals surface area contributed by atoms with Gasteiger partial charge in [-0.3, -0.25) is 4.79 Å². The molecule has 2 unspecified atom stereocenters. The lowest BCUT2D eigenvalue weighted by Gasteiger charge is -2.20. The number of nitrogens with one attached hydrogen (secondary N) is 1. The van der Waals surface area contributed by atoms with Crippen molar-refractivity contribution in [3.63, 3.8) is 0 Å². The van der Waals surface area contributed by atoms with Crippen molar-refractivity contribution in [1.82, 2.24) is 5.32 Å². The third kappa shape index (κ3) is 30.3. The van der Waals surface area contributed by atoms with Gasteiger partial charge in [0, 0.05) is 6.42 Å². The number of carbonyl (C=O) groups is 1. The van der Waals surface area contributed by atoms with Gasteiger partial charge in [0.15, 0.2) is 0 Å². The van der Waals surface area contributed by atoms with Crippen molar-refractivity contribution < 1.29 is 15.0 Å². The first-order valence-electron chi connectivity index (χ1n) is 18.6. The van der Waals surface area contributed by atoms with E-state index in [2.05, 4.69) is 31.3 Å². The molecule has 0 heterocycles. The molecule has 0 aromatic heterocycles. The van der Waals surface area contributed by atoms with Gasteiger partial charge in [-0.1, -0.05) is 167 Å². The molecule has 0 bridgehead atoms. The van der Waals surface area contributed by atoms with Crippen molar-refractivity contribution in [3.05, 3.63) is 24.3 Å². The Morgan fingerprint density at radius 2 is 0.905 bits per heavy atom. The van der Waals surface area contributed by atoms with E-state index in [1.54, 1.807) is 6.08 Å². The summed E-state index contributed by atoms with van der Waals surface area (Å²) < 4.78 is 0. The Labute approximate surface area is 262 Å². The second-order valence-electron chi connectivity index (χ2n) is 12.6. The smallest absolute Gasteiger partial charge is 0.220 e. The first-order chi connectivity index (χ1) is 20.7. The monoisotopic (exact) mass is 592 g/mol. The molecule has 4 nitrogen and oxygen atoms in total. The quantitative estimate of drug-likeness (QED) is 0.0525. The molecule has 0 radical (unpaired) electrons. The van der Waals surface area contributed by atoms with E-state index in [1.165, 1.54) is 148 Å². The van der Waals surface area contributed by atoms with Gasteiger partial charge in [-0.05, 0) is 44.9 Å². The van der Waals surface area contributed by atoms with Crippen molar-refractivity contribution in [3.8, 4) is 0 Å². The van der Waals surface area contributed by atoms with Crippen LogP contribution in [0.2, 0.25) is 0 Å². The molecule has 3 N–H and O–H groups in total. The van der Waals surface area contributed by atoms with Gasteiger partial charge in [0.05, 0.1) is 18.8 Å². The number of hydrogen-bond donors (Lipinski definition) is 3. The Kier molecular flexibility index (Phi) is 33.4. The minimum atomic E-state index is -0.836. The van der Waals surface area contributed by atoms with Gasteiger partial charge in [0.1, 0.15) is 0 Å². The number of amides is 1. The van der Waals surface area contributed by atoms with Crippen LogP contribution in [0.5, 0.6) is 0 Å². The zero-order chi connectivity index (χ0) is 30.8. The highest BCUT2D eigenvalue weighted by Gasteiger charge is 2.17. The molecule has 0 saturated heterocycles. The Hall–Kier alpha value is -1.13. The number of carbonyl (C=O) groups excluding carboxylic acids is 1. The van der Waals surface area contributed by atoms with E-state index < -0.39 is 12.1 Å². The number of hydrogen-bond acceptors (Lipinski definition) is 3. The van der Waals surface area contributed by atoms with Crippen LogP contribution >= 0.6 is 0 Å². The van der Waals surface area contributed by atoms with Gasteiger partial charge < -0.3 is 15.5 Å². The van der Waals surface area contributed by atoms with Gasteiger partial charge >= 0.3 is 0 Å². The molecule has 0 fully saturated rings. The molecule has 0 aromatic rings. The lowest BCUT2D eigenvalue weighted by molar-refractivity contribution is -0.123. The average molecular weight is 592 g/mol. The SMILES string of the molecule is CCCCCCCC/C=C\CCCCCCCCCC(=O)NC(CO)C(O)/C=C\CCCCCCCCCCCCC. The van der Waals surface area contributed by atoms with Gasteiger partial charge in [-0.2, -0.15) is 0 Å². The minimum Gasteiger partial charge on any atom is -0.394 e. The molecule has 0 aliphatic carbocycles. The standard InChI is InChI=1S/C38H73NO3/c1-3-5-7-9-11-13-15-17-18-19-20-22-24-26-28-30-32-34-38(42)39-36(35-40)37(41)33-31-29-27-25-23-21-16-14-12-10-8-6-4-2/h17-18,31,33,36-37,40-41H,3-16,19-30,32,34-35H2,1-2H3,(H,39,42)/b18-17-,33-31-. The fraction of sp³-hybridized carbons (Fsp3) is 0.868. The van der Waals surface area contributed by atoms with Crippen LogP contribution in [-0.4, -0.2) is 34.9 Å². The van der Waals surface area contributed by atoms with Crippen LogP contribution in [0.15, 0.2) is 24.3 Å². The van der Waals surface area contributed by atoms with Crippen LogP contribution in [0.1, 0.15) is 194 Å². The summed E-state index contributed by atoms with van der Waals surface area (Å²) in [5.41, 5.74) is 0. The maximum atomic E-state index is 12.3. The molecule has 0 aliphatic rings. The summed E-state index contributed by atoms with van der Waals surface area (Å²) >= 11 is 0. The molecule has 42 heavy (non-hydrogen) atoms. The topological polar surface area (TPSA) is 69.6 Å². The highest BCUT2D eigenvalue weighted by Crippen LogP contribution is 2.13. The number of aliphatic hydroxyl groups is 2. The Bertz CT molecular complexity index is 603. The van der Waals surface area contributed by atoms with Gasteiger partial charge in [0.2, 0.25) is 5.91 Å². The molecule has 0 aromatic carbocycles. The first kappa shape index (κ1) is 40.9. The summed E-state index contributed by atoms with van der Waals surface area (Å²) in [6.45, 7) is 4.29. The minimum absolute atomic E-state index is 0.0698. The van der Waals surface area contributed by atoms with Crippen molar-refractivity contribution in [2.24, 2.45) is 0 Å². The summed E-state index contributed by atoms with van der Waals surface area (Å²) in [5, 5.41) is 22.9. The number of rotatable bonds is 33. The predicted molar refractivity (Wildman–Crippen MR) is 184 cm³/mol. The van der Waals surface area contributed by atoms with Gasteiger partial charge in [0.25, 0.3) is 0 Å². The molecule has 248 valence electrons. The second kappa shape index (κ2) is 34.4. The van der Waals surface area contributed by atoms with E-state index in [-0.39, 0.29) is 12.5 Å². The molecular formula is C38H73NO3. The highest BCUT2D eigenvalue weighted by atomic mass is 16.3. The molecule has 0 rings (SSSR count). The highest BCUT2D eigenvalue weighted by molar-refractivity contribution is 5.76. The van der Waals surface area contributed by atoms with Crippen LogP contribution in [0, 0.1) is 0 Å². The van der Waals surface area contributed by atoms with Crippen LogP contribution in [0.4, 0.5) is 0 Å². The fourth-order valence-electron chi connectivity index (χ4n) is 5.52. The fourth-order valence-corrected chi connectivity index (χ4v) is 5.52. The van der Waals surface area contributed by atoms with Gasteiger partial charge in [-0.25, -0.2) is 0 Å². The van der Waals surface area contributed by atoms with Crippen molar-refractivity contribution in [2.45, 2.75) is 206 Å². The van der Waals surface area contributed by atoms with Crippen LogP contribution in [0.25, 0.3) is 0 Å². The van der Waals surface area contributed by atoms with E-state index in [9.17, 15) is 15.0 Å². The maximum Gasteiger partial charge on any atom is 0.220 e. The molecular weight excluding hydrogens is 518 g/mol. The van der Waals surface area contributed by atoms with Gasteiger partial charge in [-0.15, -0.1) is 0 Å². The molecule has 0 aliphatic heterocycles. The summed E-state index contributed by atoms with van der Waals surface area (Å²) in [7, 11) is 0. The van der Waals surface area contributed by atoms with Crippen molar-refractivity contribution >= 4 is 5.91 Å². The molecule has 1 amide bonds. The van der Waals surface area contributed by atoms with Crippen molar-refractivity contribution in [1.29, 1.82) is 0 Å². The largest absolute Gasteiger partial charge is 0.394 e. The average Bonchev–Trinajstić information content (AvgIpc) is 2.99. The summed E-state index contributed by atoms with van der Waals surface area (Å²) in [6, 6.07) is -0.620. The predicted octanol–water partition coefficient (Wildman–Crippen LogP) is 10.9. The first-order valence-corrected chi connectivity index (χ1v) is 18.6. The van der Waals surface area contributed by atoms with E-state index >= 15 is 0 Å². The van der Waals surface area contributed by atoms with E-state index in [1.807, 2.05) is 6.08 Å². The lowest BCUT2D eigenvalue weighted by Crippen LogP contribution is -2.45. The van der Waals surface area contributed by atoms with Crippen molar-refractivity contribution in [2.75, 3.05) is 6.61 Å². The maximum absolute atomic E-state index is 12.3. The Balaban J connectivity index is 3.62. The number of allylic oxidation sites excluding steroid dienone is 3. The third-order valence-corrected chi connectivity index (χ3v) is 8.43. The number of unbranched alkanes of at least 4 members (excludes halogenated alkanes) is 24. The lowest BCUT2D eigenvalue weighted by atomic mass is 10.0. The molecule has 4 heteroatoms. The zero-order valence-electron chi connectivity index (χ0n) is 28.3. The van der Waals surface area contributed by atoms with Crippen LogP contribution < -0.4 is 5.32 Å². The molecule has 2 atom stereocenters. The molecule has 0 saturated carbocycles. The zero-order valence-corrected chi connectivity index (χ0v) is 28.3. The third-order valence-electron chi connectivity index (χ3n) is 8.43.